The number of nitrogens with zero attached hydrogens (tertiary/aromatic N) is 1. The molecule has 0 saturated heterocycles. The SMILES string of the molecule is CC[C@@H](/C=C/[C@@H](C)[C@H]1CCC2C3CC=C4C[C@@H](OC(=O)c5nsc(Cl)c5Cl)CC[C@]4(C)C3CC[C@@]21C)C(C)C. The van der Waals surface area contributed by atoms with Crippen LogP contribution in [0.1, 0.15) is 110 Å². The first-order chi connectivity index (χ1) is 18.5. The van der Waals surface area contributed by atoms with Crippen molar-refractivity contribution in [3.05, 3.63) is 38.9 Å². The van der Waals surface area contributed by atoms with Crippen molar-refractivity contribution < 1.29 is 9.53 Å². The van der Waals surface area contributed by atoms with E-state index < -0.39 is 5.97 Å². The van der Waals surface area contributed by atoms with Gasteiger partial charge in [-0.1, -0.05) is 88.5 Å². The van der Waals surface area contributed by atoms with E-state index in [1.54, 1.807) is 0 Å². The van der Waals surface area contributed by atoms with Gasteiger partial charge in [0.15, 0.2) is 5.69 Å². The molecule has 39 heavy (non-hydrogen) atoms. The maximum atomic E-state index is 12.7. The van der Waals surface area contributed by atoms with Gasteiger partial charge in [0.2, 0.25) is 0 Å². The second kappa shape index (κ2) is 11.4. The smallest absolute Gasteiger partial charge is 0.359 e. The van der Waals surface area contributed by atoms with Gasteiger partial charge >= 0.3 is 5.97 Å². The standard InChI is InChI=1S/C33H47Cl2NO2S/c1-7-21(19(2)3)9-8-20(4)25-12-13-26-24-11-10-22-18-23(38-31(37)29-28(34)30(35)39-36-29)14-16-32(22,5)27(24)15-17-33(25,26)6/h8-10,19-21,23-27H,7,11-18H2,1-6H3/b9-8+/t20-,21+,23+,24?,25-,26?,27?,32+,33-/m1/s1. The molecule has 3 saturated carbocycles. The Morgan fingerprint density at radius 1 is 1.13 bits per heavy atom. The minimum Gasteiger partial charge on any atom is -0.457 e. The van der Waals surface area contributed by atoms with Crippen molar-refractivity contribution in [3.63, 3.8) is 0 Å². The van der Waals surface area contributed by atoms with Crippen LogP contribution in [0.4, 0.5) is 0 Å². The highest BCUT2D eigenvalue weighted by molar-refractivity contribution is 7.11. The number of carbonyl (C=O) groups is 1. The lowest BCUT2D eigenvalue weighted by atomic mass is 9.47. The molecule has 1 aromatic rings. The Hall–Kier alpha value is -0.840. The second-order valence-electron chi connectivity index (χ2n) is 13.9. The summed E-state index contributed by atoms with van der Waals surface area (Å²) in [6.45, 7) is 14.7. The molecule has 6 heteroatoms. The number of halogens is 2. The highest BCUT2D eigenvalue weighted by Crippen LogP contribution is 2.67. The zero-order chi connectivity index (χ0) is 28.1. The summed E-state index contributed by atoms with van der Waals surface area (Å²) in [6.07, 6.45) is 18.2. The average molecular weight is 593 g/mol. The van der Waals surface area contributed by atoms with Crippen molar-refractivity contribution >= 4 is 40.7 Å². The number of esters is 1. The molecule has 5 rings (SSSR count). The highest BCUT2D eigenvalue weighted by atomic mass is 35.5. The van der Waals surface area contributed by atoms with E-state index in [1.165, 1.54) is 44.1 Å². The molecule has 4 aliphatic carbocycles. The molecule has 0 aromatic carbocycles. The van der Waals surface area contributed by atoms with Gasteiger partial charge in [0.05, 0.1) is 0 Å². The highest BCUT2D eigenvalue weighted by Gasteiger charge is 2.59. The number of fused-ring (bicyclic) bond motifs is 5. The van der Waals surface area contributed by atoms with Gasteiger partial charge in [0, 0.05) is 6.42 Å². The molecule has 4 aliphatic rings. The van der Waals surface area contributed by atoms with Crippen LogP contribution in [0.5, 0.6) is 0 Å². The number of allylic oxidation sites excluding steroid dienone is 3. The first-order valence-electron chi connectivity index (χ1n) is 15.4. The Kier molecular flexibility index (Phi) is 8.70. The molecule has 0 radical (unpaired) electrons. The zero-order valence-corrected chi connectivity index (χ0v) is 27.0. The van der Waals surface area contributed by atoms with Gasteiger partial charge in [-0.2, -0.15) is 4.37 Å². The second-order valence-corrected chi connectivity index (χ2v) is 15.7. The van der Waals surface area contributed by atoms with E-state index in [0.29, 0.717) is 27.5 Å². The van der Waals surface area contributed by atoms with E-state index in [9.17, 15) is 4.79 Å². The van der Waals surface area contributed by atoms with Crippen LogP contribution in [0.2, 0.25) is 9.36 Å². The number of rotatable bonds is 7. The average Bonchev–Trinajstić information content (AvgIpc) is 3.42. The van der Waals surface area contributed by atoms with Crippen molar-refractivity contribution in [2.75, 3.05) is 0 Å². The predicted octanol–water partition coefficient (Wildman–Crippen LogP) is 10.4. The molecule has 0 spiro atoms. The minimum atomic E-state index is -0.446. The molecule has 0 aliphatic heterocycles. The fourth-order valence-corrected chi connectivity index (χ4v) is 10.5. The molecule has 9 atom stereocenters. The molecule has 0 N–H and O–H groups in total. The molecular weight excluding hydrogens is 545 g/mol. The van der Waals surface area contributed by atoms with Crippen LogP contribution < -0.4 is 0 Å². The van der Waals surface area contributed by atoms with Crippen LogP contribution in [0, 0.1) is 52.3 Å². The van der Waals surface area contributed by atoms with Gasteiger partial charge in [0.25, 0.3) is 0 Å². The molecule has 3 nitrogen and oxygen atoms in total. The van der Waals surface area contributed by atoms with Crippen LogP contribution in [0.3, 0.4) is 0 Å². The Morgan fingerprint density at radius 3 is 2.56 bits per heavy atom. The molecular formula is C33H47Cl2NO2S. The molecule has 216 valence electrons. The quantitative estimate of drug-likeness (QED) is 0.234. The number of ether oxygens (including phenoxy) is 1. The molecule has 3 fully saturated rings. The third kappa shape index (κ3) is 5.29. The monoisotopic (exact) mass is 591 g/mol. The van der Waals surface area contributed by atoms with Crippen LogP contribution in [-0.2, 0) is 4.74 Å². The normalized spacial score (nSPS) is 37.7. The van der Waals surface area contributed by atoms with Crippen LogP contribution >= 0.6 is 34.7 Å². The fraction of sp³-hybridized carbons (Fsp3) is 0.758. The number of aromatic nitrogens is 1. The van der Waals surface area contributed by atoms with Gasteiger partial charge in [-0.25, -0.2) is 4.79 Å². The number of carbonyl (C=O) groups excluding carboxylic acids is 1. The van der Waals surface area contributed by atoms with Crippen molar-refractivity contribution in [3.8, 4) is 0 Å². The lowest BCUT2D eigenvalue weighted by Crippen LogP contribution is -2.51. The van der Waals surface area contributed by atoms with E-state index in [-0.39, 0.29) is 22.2 Å². The maximum Gasteiger partial charge on any atom is 0.359 e. The van der Waals surface area contributed by atoms with Crippen LogP contribution in [0.25, 0.3) is 0 Å². The summed E-state index contributed by atoms with van der Waals surface area (Å²) in [6, 6.07) is 0. The van der Waals surface area contributed by atoms with Crippen molar-refractivity contribution in [2.45, 2.75) is 105 Å². The molecule has 3 unspecified atom stereocenters. The summed E-state index contributed by atoms with van der Waals surface area (Å²) < 4.78 is 10.3. The Morgan fingerprint density at radius 2 is 1.90 bits per heavy atom. The Labute approximate surface area is 250 Å². The van der Waals surface area contributed by atoms with Crippen LogP contribution in [0.15, 0.2) is 23.8 Å². The Balaban J connectivity index is 1.27. The van der Waals surface area contributed by atoms with Crippen molar-refractivity contribution in [1.29, 1.82) is 0 Å². The van der Waals surface area contributed by atoms with E-state index in [2.05, 4.69) is 64.1 Å². The van der Waals surface area contributed by atoms with Gasteiger partial charge in [-0.3, -0.25) is 0 Å². The largest absolute Gasteiger partial charge is 0.457 e. The fourth-order valence-electron chi connectivity index (χ4n) is 9.51. The zero-order valence-electron chi connectivity index (χ0n) is 24.6. The van der Waals surface area contributed by atoms with Crippen LogP contribution in [-0.4, -0.2) is 16.4 Å². The third-order valence-corrected chi connectivity index (χ3v) is 13.4. The number of hydrogen-bond donors (Lipinski definition) is 0. The summed E-state index contributed by atoms with van der Waals surface area (Å²) in [5, 5.41) is 0.210. The van der Waals surface area contributed by atoms with E-state index >= 15 is 0 Å². The summed E-state index contributed by atoms with van der Waals surface area (Å²) >= 11 is 13.2. The van der Waals surface area contributed by atoms with E-state index in [1.807, 2.05) is 0 Å². The molecule has 0 amide bonds. The maximum absolute atomic E-state index is 12.7. The third-order valence-electron chi connectivity index (χ3n) is 11.8. The van der Waals surface area contributed by atoms with Gasteiger partial charge < -0.3 is 4.74 Å². The van der Waals surface area contributed by atoms with Gasteiger partial charge in [-0.05, 0) is 115 Å². The van der Waals surface area contributed by atoms with Gasteiger partial charge in [-0.15, -0.1) is 0 Å². The lowest BCUT2D eigenvalue weighted by molar-refractivity contribution is -0.0565. The van der Waals surface area contributed by atoms with Crippen molar-refractivity contribution in [1.82, 2.24) is 4.37 Å². The summed E-state index contributed by atoms with van der Waals surface area (Å²) in [7, 11) is 0. The summed E-state index contributed by atoms with van der Waals surface area (Å²) in [5.41, 5.74) is 2.35. The topological polar surface area (TPSA) is 39.2 Å². The predicted molar refractivity (Wildman–Crippen MR) is 163 cm³/mol. The Bertz CT molecular complexity index is 1130. The molecule has 0 bridgehead atoms. The summed E-state index contributed by atoms with van der Waals surface area (Å²) in [5.74, 6) is 4.77. The van der Waals surface area contributed by atoms with E-state index in [4.69, 9.17) is 27.9 Å². The first-order valence-corrected chi connectivity index (χ1v) is 16.9. The van der Waals surface area contributed by atoms with Gasteiger partial charge in [0.1, 0.15) is 15.5 Å². The first kappa shape index (κ1) is 29.6. The summed E-state index contributed by atoms with van der Waals surface area (Å²) in [4.78, 5) is 12.7. The lowest BCUT2D eigenvalue weighted by Gasteiger charge is -2.58. The van der Waals surface area contributed by atoms with E-state index in [0.717, 1.165) is 54.5 Å². The number of hydrogen-bond acceptors (Lipinski definition) is 4. The molecule has 1 heterocycles. The molecule has 1 aromatic heterocycles. The van der Waals surface area contributed by atoms with Crippen molar-refractivity contribution in [2.24, 2.45) is 52.3 Å². The minimum absolute atomic E-state index is 0.111.